The molecule has 4 rings (SSSR count). The van der Waals surface area contributed by atoms with Crippen molar-refractivity contribution in [2.75, 3.05) is 11.4 Å². The molecule has 0 bridgehead atoms. The molecule has 0 aliphatic carbocycles. The van der Waals surface area contributed by atoms with E-state index in [-0.39, 0.29) is 17.5 Å². The number of hydrogen-bond acceptors (Lipinski definition) is 6. The van der Waals surface area contributed by atoms with Crippen molar-refractivity contribution in [3.05, 3.63) is 78.0 Å². The van der Waals surface area contributed by atoms with Gasteiger partial charge in [-0.2, -0.15) is 4.37 Å². The van der Waals surface area contributed by atoms with E-state index < -0.39 is 6.03 Å². The number of rotatable bonds is 4. The van der Waals surface area contributed by atoms with Crippen LogP contribution in [0.15, 0.2) is 60.8 Å². The molecule has 1 aromatic heterocycles. The van der Waals surface area contributed by atoms with E-state index in [4.69, 9.17) is 6.42 Å². The van der Waals surface area contributed by atoms with Crippen LogP contribution in [-0.4, -0.2) is 37.6 Å². The highest BCUT2D eigenvalue weighted by Crippen LogP contribution is 2.21. The molecule has 0 fully saturated rings. The number of halogens is 1. The lowest BCUT2D eigenvalue weighted by molar-refractivity contribution is -0.124. The van der Waals surface area contributed by atoms with E-state index in [0.717, 1.165) is 10.5 Å². The maximum Gasteiger partial charge on any atom is 0.327 e. The third-order valence-corrected chi connectivity index (χ3v) is 5.04. The van der Waals surface area contributed by atoms with Gasteiger partial charge in [-0.05, 0) is 23.8 Å². The molecule has 2 aliphatic rings. The third kappa shape index (κ3) is 4.06. The molecule has 0 saturated carbocycles. The smallest absolute Gasteiger partial charge is 0.298 e. The quantitative estimate of drug-likeness (QED) is 0.765. The van der Waals surface area contributed by atoms with E-state index in [1.165, 1.54) is 34.6 Å². The number of terminal acetylenes is 1. The van der Waals surface area contributed by atoms with Crippen molar-refractivity contribution >= 4 is 28.6 Å². The topological polar surface area (TPSA) is 81.7 Å². The van der Waals surface area contributed by atoms with Crippen LogP contribution in [0.25, 0.3) is 0 Å². The minimum Gasteiger partial charge on any atom is -0.298 e. The van der Waals surface area contributed by atoms with Gasteiger partial charge in [0, 0.05) is 55.2 Å². The zero-order chi connectivity index (χ0) is 21.1. The predicted molar refractivity (Wildman–Crippen MR) is 109 cm³/mol. The van der Waals surface area contributed by atoms with Gasteiger partial charge in [-0.3, -0.25) is 19.9 Å². The molecule has 1 N–H and O–H groups in total. The zero-order valence-electron chi connectivity index (χ0n) is 15.5. The number of benzene rings is 1. The van der Waals surface area contributed by atoms with Gasteiger partial charge in [-0.25, -0.2) is 19.1 Å². The second kappa shape index (κ2) is 8.18. The van der Waals surface area contributed by atoms with E-state index in [2.05, 4.69) is 20.7 Å². The van der Waals surface area contributed by atoms with Crippen molar-refractivity contribution in [2.24, 2.45) is 0 Å². The Hall–Kier alpha value is -3.97. The molecule has 0 saturated heterocycles. The van der Waals surface area contributed by atoms with Crippen molar-refractivity contribution < 1.29 is 14.0 Å². The normalized spacial score (nSPS) is 15.4. The van der Waals surface area contributed by atoms with Crippen LogP contribution in [0.1, 0.15) is 11.4 Å². The first kappa shape index (κ1) is 19.4. The molecule has 0 radical (unpaired) electrons. The predicted octanol–water partition coefficient (Wildman–Crippen LogP) is 2.36. The van der Waals surface area contributed by atoms with Crippen LogP contribution in [0.4, 0.5) is 14.3 Å². The minimum absolute atomic E-state index is 0.264. The van der Waals surface area contributed by atoms with Gasteiger partial charge in [0.2, 0.25) is 5.13 Å². The average molecular weight is 422 g/mol. The molecule has 150 valence electrons. The van der Waals surface area contributed by atoms with Crippen molar-refractivity contribution in [2.45, 2.75) is 6.42 Å². The third-order valence-electron chi connectivity index (χ3n) is 4.28. The standard InChI is InChI=1S/C20H15FN6O2S/c1-2-27-17(13-18(27)28)23-19(29)25-8-3-9-26(11-10-25)20-22-16(24-30-20)12-14-4-6-15(21)7-5-14/h1,3-7,9-11,13H,8,12H2,(H,23,29). The number of carbonyl (C=O) groups excluding carboxylic acids is 2. The molecule has 1 aromatic carbocycles. The maximum absolute atomic E-state index is 13.0. The lowest BCUT2D eigenvalue weighted by atomic mass is 10.1. The van der Waals surface area contributed by atoms with Gasteiger partial charge in [0.25, 0.3) is 5.91 Å². The summed E-state index contributed by atoms with van der Waals surface area (Å²) in [5.74, 6) is 0.253. The van der Waals surface area contributed by atoms with Crippen molar-refractivity contribution in [1.82, 2.24) is 24.5 Å². The van der Waals surface area contributed by atoms with Gasteiger partial charge in [0.1, 0.15) is 17.5 Å². The summed E-state index contributed by atoms with van der Waals surface area (Å²) in [4.78, 5) is 32.4. The molecular formula is C20H15FN6O2S. The lowest BCUT2D eigenvalue weighted by Gasteiger charge is -2.27. The second-order valence-corrected chi connectivity index (χ2v) is 7.03. The maximum atomic E-state index is 13.0. The summed E-state index contributed by atoms with van der Waals surface area (Å²) in [6.45, 7) is 0.317. The summed E-state index contributed by atoms with van der Waals surface area (Å²) in [6.07, 6.45) is 13.8. The highest BCUT2D eigenvalue weighted by Gasteiger charge is 2.28. The van der Waals surface area contributed by atoms with Gasteiger partial charge < -0.3 is 0 Å². The number of nitrogens with one attached hydrogen (secondary N) is 1. The fourth-order valence-electron chi connectivity index (χ4n) is 2.73. The Labute approximate surface area is 175 Å². The fourth-order valence-corrected chi connectivity index (χ4v) is 3.38. The summed E-state index contributed by atoms with van der Waals surface area (Å²) >= 11 is 1.22. The van der Waals surface area contributed by atoms with Gasteiger partial charge in [0.15, 0.2) is 0 Å². The van der Waals surface area contributed by atoms with Crippen LogP contribution in [0.5, 0.6) is 0 Å². The Morgan fingerprint density at radius 3 is 2.80 bits per heavy atom. The summed E-state index contributed by atoms with van der Waals surface area (Å²) < 4.78 is 17.4. The van der Waals surface area contributed by atoms with Crippen molar-refractivity contribution in [3.8, 4) is 12.5 Å². The molecule has 3 heterocycles. The van der Waals surface area contributed by atoms with Crippen LogP contribution in [-0.2, 0) is 11.2 Å². The SMILES string of the molecule is C#CN1C(=O)C=C1NC(=O)N1C=CN(c2nc(Cc3ccc(F)cc3)ns2)C=CC1. The van der Waals surface area contributed by atoms with E-state index in [9.17, 15) is 14.0 Å². The summed E-state index contributed by atoms with van der Waals surface area (Å²) in [5.41, 5.74) is 0.912. The molecule has 10 heteroatoms. The number of nitrogens with zero attached hydrogens (tertiary/aromatic N) is 5. The first-order chi connectivity index (χ1) is 14.5. The Bertz CT molecular complexity index is 1120. The van der Waals surface area contributed by atoms with E-state index in [0.29, 0.717) is 23.9 Å². The van der Waals surface area contributed by atoms with E-state index in [1.807, 2.05) is 0 Å². The average Bonchev–Trinajstić information content (AvgIpc) is 3.04. The molecule has 0 spiro atoms. The highest BCUT2D eigenvalue weighted by atomic mass is 32.1. The zero-order valence-corrected chi connectivity index (χ0v) is 16.3. The number of hydrogen-bond donors (Lipinski definition) is 1. The van der Waals surface area contributed by atoms with Gasteiger partial charge in [-0.15, -0.1) is 0 Å². The van der Waals surface area contributed by atoms with Crippen LogP contribution in [0.3, 0.4) is 0 Å². The largest absolute Gasteiger partial charge is 0.327 e. The highest BCUT2D eigenvalue weighted by molar-refractivity contribution is 7.09. The molecular weight excluding hydrogens is 407 g/mol. The molecule has 3 amide bonds. The number of amides is 3. The van der Waals surface area contributed by atoms with Crippen LogP contribution >= 0.6 is 11.5 Å². The first-order valence-electron chi connectivity index (χ1n) is 8.83. The van der Waals surface area contributed by atoms with Gasteiger partial charge in [-0.1, -0.05) is 18.6 Å². The number of anilines is 1. The fraction of sp³-hybridized carbons (Fsp3) is 0.100. The summed E-state index contributed by atoms with van der Waals surface area (Å²) in [7, 11) is 0. The minimum atomic E-state index is -0.425. The van der Waals surface area contributed by atoms with Crippen LogP contribution in [0.2, 0.25) is 0 Å². The molecule has 2 aliphatic heterocycles. The molecule has 8 nitrogen and oxygen atoms in total. The first-order valence-corrected chi connectivity index (χ1v) is 9.61. The van der Waals surface area contributed by atoms with Crippen LogP contribution < -0.4 is 10.2 Å². The van der Waals surface area contributed by atoms with Gasteiger partial charge in [0.05, 0.1) is 0 Å². The number of aromatic nitrogens is 2. The second-order valence-electron chi connectivity index (χ2n) is 6.30. The lowest BCUT2D eigenvalue weighted by Crippen LogP contribution is -2.46. The molecule has 30 heavy (non-hydrogen) atoms. The molecule has 0 atom stereocenters. The monoisotopic (exact) mass is 422 g/mol. The van der Waals surface area contributed by atoms with E-state index in [1.54, 1.807) is 41.7 Å². The van der Waals surface area contributed by atoms with Gasteiger partial charge >= 0.3 is 6.03 Å². The Kier molecular flexibility index (Phi) is 5.28. The Morgan fingerprint density at radius 2 is 2.07 bits per heavy atom. The summed E-state index contributed by atoms with van der Waals surface area (Å²) in [5, 5.41) is 3.22. The Balaban J connectivity index is 1.40. The number of urea groups is 1. The molecule has 0 unspecified atom stereocenters. The number of carbonyl (C=O) groups is 2. The molecule has 2 aromatic rings. The van der Waals surface area contributed by atoms with Crippen molar-refractivity contribution in [3.63, 3.8) is 0 Å². The van der Waals surface area contributed by atoms with Crippen molar-refractivity contribution in [1.29, 1.82) is 0 Å². The van der Waals surface area contributed by atoms with E-state index >= 15 is 0 Å². The summed E-state index contributed by atoms with van der Waals surface area (Å²) in [6, 6.07) is 7.96. The Morgan fingerprint density at radius 1 is 1.27 bits per heavy atom. The van der Waals surface area contributed by atoms with Crippen LogP contribution in [0, 0.1) is 18.3 Å².